The van der Waals surface area contributed by atoms with Crippen molar-refractivity contribution in [1.29, 1.82) is 0 Å². The van der Waals surface area contributed by atoms with Crippen LogP contribution in [0.4, 0.5) is 0 Å². The molecule has 2 heterocycles. The molecule has 3 nitrogen and oxygen atoms in total. The first-order valence-electron chi connectivity index (χ1n) is 7.57. The monoisotopic (exact) mass is 264 g/mol. The molecule has 1 aromatic heterocycles. The second-order valence-corrected chi connectivity index (χ2v) is 6.33. The third kappa shape index (κ3) is 3.61. The first-order chi connectivity index (χ1) is 9.03. The minimum Gasteiger partial charge on any atom is -0.463 e. The fourth-order valence-corrected chi connectivity index (χ4v) is 2.87. The van der Waals surface area contributed by atoms with Crippen molar-refractivity contribution in [3.8, 4) is 0 Å². The fourth-order valence-electron chi connectivity index (χ4n) is 2.87. The van der Waals surface area contributed by atoms with Gasteiger partial charge in [0.1, 0.15) is 11.5 Å². The molecule has 0 saturated carbocycles. The first kappa shape index (κ1) is 14.6. The van der Waals surface area contributed by atoms with Gasteiger partial charge in [-0.25, -0.2) is 0 Å². The number of nitrogens with one attached hydrogen (secondary N) is 1. The van der Waals surface area contributed by atoms with E-state index in [4.69, 9.17) is 4.42 Å². The summed E-state index contributed by atoms with van der Waals surface area (Å²) in [6.45, 7) is 13.0. The highest BCUT2D eigenvalue weighted by atomic mass is 16.3. The molecule has 19 heavy (non-hydrogen) atoms. The Hall–Kier alpha value is -0.800. The normalized spacial score (nSPS) is 19.2. The zero-order chi connectivity index (χ0) is 13.9. The second kappa shape index (κ2) is 6.10. The van der Waals surface area contributed by atoms with Gasteiger partial charge < -0.3 is 9.73 Å². The summed E-state index contributed by atoms with van der Waals surface area (Å²) in [4.78, 5) is 2.54. The molecule has 1 aliphatic rings. The molecule has 1 aliphatic heterocycles. The van der Waals surface area contributed by atoms with Crippen LogP contribution in [-0.2, 0) is 13.1 Å². The van der Waals surface area contributed by atoms with Crippen LogP contribution in [0.1, 0.15) is 57.1 Å². The van der Waals surface area contributed by atoms with Crippen molar-refractivity contribution in [3.63, 3.8) is 0 Å². The lowest BCUT2D eigenvalue weighted by Crippen LogP contribution is -2.37. The maximum Gasteiger partial charge on any atom is 0.120 e. The maximum atomic E-state index is 6.01. The van der Waals surface area contributed by atoms with Crippen molar-refractivity contribution in [2.24, 2.45) is 0 Å². The van der Waals surface area contributed by atoms with Crippen molar-refractivity contribution >= 4 is 0 Å². The molecule has 0 unspecified atom stereocenters. The van der Waals surface area contributed by atoms with Crippen LogP contribution < -0.4 is 5.32 Å². The third-order valence-corrected chi connectivity index (χ3v) is 4.20. The highest BCUT2D eigenvalue weighted by Gasteiger charge is 2.32. The Kier molecular flexibility index (Phi) is 4.69. The minimum atomic E-state index is 0.321. The largest absolute Gasteiger partial charge is 0.463 e. The van der Waals surface area contributed by atoms with Gasteiger partial charge in [-0.15, -0.1) is 0 Å². The molecule has 0 bridgehead atoms. The van der Waals surface area contributed by atoms with E-state index in [1.165, 1.54) is 24.9 Å². The van der Waals surface area contributed by atoms with Crippen LogP contribution >= 0.6 is 0 Å². The predicted molar refractivity (Wildman–Crippen MR) is 79.2 cm³/mol. The van der Waals surface area contributed by atoms with Crippen molar-refractivity contribution in [3.05, 3.63) is 23.2 Å². The lowest BCUT2D eigenvalue weighted by Gasteiger charge is -2.30. The topological polar surface area (TPSA) is 28.4 Å². The lowest BCUT2D eigenvalue weighted by atomic mass is 10.0. The number of hydrogen-bond acceptors (Lipinski definition) is 3. The first-order valence-corrected chi connectivity index (χ1v) is 7.57. The van der Waals surface area contributed by atoms with E-state index >= 15 is 0 Å². The molecule has 0 aliphatic carbocycles. The Morgan fingerprint density at radius 2 is 2.21 bits per heavy atom. The Bertz CT molecular complexity index is 409. The number of aryl methyl sites for hydroxylation is 1. The van der Waals surface area contributed by atoms with Crippen LogP contribution in [0.2, 0.25) is 0 Å². The van der Waals surface area contributed by atoms with E-state index in [2.05, 4.69) is 44.0 Å². The van der Waals surface area contributed by atoms with Crippen LogP contribution in [0.5, 0.6) is 0 Å². The third-order valence-electron chi connectivity index (χ3n) is 4.20. The zero-order valence-electron chi connectivity index (χ0n) is 12.9. The summed E-state index contributed by atoms with van der Waals surface area (Å²) in [7, 11) is 0. The van der Waals surface area contributed by atoms with E-state index < -0.39 is 0 Å². The minimum absolute atomic E-state index is 0.321. The van der Waals surface area contributed by atoms with E-state index in [1.54, 1.807) is 0 Å². The summed E-state index contributed by atoms with van der Waals surface area (Å²) in [5.74, 6) is 2.21. The Balaban J connectivity index is 1.96. The standard InChI is InChI=1S/C16H28N2O/c1-5-8-17-11-15-13(2)10-14(19-15)12-18-9-6-7-16(18,3)4/h10,17H,5-9,11-12H2,1-4H3. The molecule has 0 atom stereocenters. The Labute approximate surface area is 117 Å². The van der Waals surface area contributed by atoms with Crippen LogP contribution in [0.25, 0.3) is 0 Å². The van der Waals surface area contributed by atoms with Crippen LogP contribution in [0.15, 0.2) is 10.5 Å². The van der Waals surface area contributed by atoms with Gasteiger partial charge in [0.2, 0.25) is 0 Å². The molecule has 1 fully saturated rings. The molecule has 1 saturated heterocycles. The summed E-state index contributed by atoms with van der Waals surface area (Å²) in [6, 6.07) is 2.21. The number of nitrogens with zero attached hydrogens (tertiary/aromatic N) is 1. The fraction of sp³-hybridized carbons (Fsp3) is 0.750. The van der Waals surface area contributed by atoms with Crippen molar-refractivity contribution < 1.29 is 4.42 Å². The molecule has 1 N–H and O–H groups in total. The average Bonchev–Trinajstić information content (AvgIpc) is 2.84. The van der Waals surface area contributed by atoms with Crippen LogP contribution in [0, 0.1) is 6.92 Å². The van der Waals surface area contributed by atoms with Gasteiger partial charge in [0, 0.05) is 5.54 Å². The maximum absolute atomic E-state index is 6.01. The van der Waals surface area contributed by atoms with Gasteiger partial charge in [-0.2, -0.15) is 0 Å². The van der Waals surface area contributed by atoms with Crippen molar-refractivity contribution in [2.45, 2.75) is 65.6 Å². The molecule has 108 valence electrons. The molecule has 1 aromatic rings. The van der Waals surface area contributed by atoms with Gasteiger partial charge in [0.25, 0.3) is 0 Å². The number of likely N-dealkylation sites (tertiary alicyclic amines) is 1. The molecule has 0 amide bonds. The van der Waals surface area contributed by atoms with Crippen molar-refractivity contribution in [1.82, 2.24) is 10.2 Å². The molecule has 0 radical (unpaired) electrons. The summed E-state index contributed by atoms with van der Waals surface area (Å²) >= 11 is 0. The second-order valence-electron chi connectivity index (χ2n) is 6.33. The van der Waals surface area contributed by atoms with E-state index in [1.807, 2.05) is 0 Å². The summed E-state index contributed by atoms with van der Waals surface area (Å²) in [5.41, 5.74) is 1.59. The van der Waals surface area contributed by atoms with Gasteiger partial charge in [-0.3, -0.25) is 4.90 Å². The number of furan rings is 1. The highest BCUT2D eigenvalue weighted by Crippen LogP contribution is 2.30. The van der Waals surface area contributed by atoms with E-state index in [9.17, 15) is 0 Å². The van der Waals surface area contributed by atoms with Crippen LogP contribution in [-0.4, -0.2) is 23.5 Å². The summed E-state index contributed by atoms with van der Waals surface area (Å²) < 4.78 is 6.01. The van der Waals surface area contributed by atoms with E-state index in [0.29, 0.717) is 5.54 Å². The molecule has 0 spiro atoms. The highest BCUT2D eigenvalue weighted by molar-refractivity contribution is 5.20. The van der Waals surface area contributed by atoms with Crippen molar-refractivity contribution in [2.75, 3.05) is 13.1 Å². The molecule has 0 aromatic carbocycles. The average molecular weight is 264 g/mol. The number of rotatable bonds is 6. The van der Waals surface area contributed by atoms with Gasteiger partial charge in [0.05, 0.1) is 13.1 Å². The van der Waals surface area contributed by atoms with Gasteiger partial charge in [-0.05, 0) is 64.8 Å². The molecular weight excluding hydrogens is 236 g/mol. The molecule has 2 rings (SSSR count). The van der Waals surface area contributed by atoms with Gasteiger partial charge in [0.15, 0.2) is 0 Å². The van der Waals surface area contributed by atoms with Crippen LogP contribution in [0.3, 0.4) is 0 Å². The van der Waals surface area contributed by atoms with E-state index in [-0.39, 0.29) is 0 Å². The Morgan fingerprint density at radius 3 is 2.84 bits per heavy atom. The van der Waals surface area contributed by atoms with E-state index in [0.717, 1.165) is 37.6 Å². The molecular formula is C16H28N2O. The summed E-state index contributed by atoms with van der Waals surface area (Å²) in [5, 5.41) is 3.41. The lowest BCUT2D eigenvalue weighted by molar-refractivity contribution is 0.153. The summed E-state index contributed by atoms with van der Waals surface area (Å²) in [6.07, 6.45) is 3.75. The van der Waals surface area contributed by atoms with Gasteiger partial charge >= 0.3 is 0 Å². The number of hydrogen-bond donors (Lipinski definition) is 1. The van der Waals surface area contributed by atoms with Gasteiger partial charge in [-0.1, -0.05) is 6.92 Å². The predicted octanol–water partition coefficient (Wildman–Crippen LogP) is 3.46. The molecule has 3 heteroatoms. The Morgan fingerprint density at radius 1 is 1.42 bits per heavy atom. The smallest absolute Gasteiger partial charge is 0.120 e. The quantitative estimate of drug-likeness (QED) is 0.798. The SMILES string of the molecule is CCCNCc1oc(CN2CCCC2(C)C)cc1C. The zero-order valence-corrected chi connectivity index (χ0v) is 12.9.